The molecule has 0 aliphatic heterocycles. The van der Waals surface area contributed by atoms with E-state index in [1.807, 2.05) is 20.8 Å². The zero-order valence-electron chi connectivity index (χ0n) is 11.4. The maximum absolute atomic E-state index is 12.0. The topological polar surface area (TPSA) is 66.4 Å². The molecule has 108 valence electrons. The zero-order chi connectivity index (χ0) is 14.6. The summed E-state index contributed by atoms with van der Waals surface area (Å²) >= 11 is 5.93. The number of nitrogens with one attached hydrogen (secondary N) is 1. The predicted octanol–water partition coefficient (Wildman–Crippen LogP) is 2.33. The molecular formula is C13H20ClNO3S. The van der Waals surface area contributed by atoms with Crippen LogP contribution in [-0.4, -0.2) is 26.2 Å². The Morgan fingerprint density at radius 3 is 2.53 bits per heavy atom. The molecule has 0 aromatic heterocycles. The molecule has 0 saturated carbocycles. The molecule has 0 saturated heterocycles. The van der Waals surface area contributed by atoms with Crippen molar-refractivity contribution in [3.63, 3.8) is 0 Å². The maximum Gasteiger partial charge on any atom is 0.242 e. The molecule has 2 N–H and O–H groups in total. The van der Waals surface area contributed by atoms with Crippen LogP contribution in [0.4, 0.5) is 0 Å². The third-order valence-corrected chi connectivity index (χ3v) is 4.54. The largest absolute Gasteiger partial charge is 0.392 e. The van der Waals surface area contributed by atoms with Gasteiger partial charge in [-0.05, 0) is 37.0 Å². The first-order valence-electron chi connectivity index (χ1n) is 6.16. The van der Waals surface area contributed by atoms with Crippen molar-refractivity contribution in [1.29, 1.82) is 0 Å². The average Bonchev–Trinajstić information content (AvgIpc) is 2.25. The molecule has 1 aromatic carbocycles. The van der Waals surface area contributed by atoms with Crippen LogP contribution in [0.3, 0.4) is 0 Å². The minimum Gasteiger partial charge on any atom is -0.392 e. The van der Waals surface area contributed by atoms with Crippen molar-refractivity contribution < 1.29 is 13.5 Å². The molecule has 0 heterocycles. The SMILES string of the molecule is Cc1ccc(S(=O)(=O)NCC(O)CC(C)C)c(Cl)c1. The number of aliphatic hydroxyl groups excluding tert-OH is 1. The molecule has 1 rings (SSSR count). The van der Waals surface area contributed by atoms with Gasteiger partial charge >= 0.3 is 0 Å². The summed E-state index contributed by atoms with van der Waals surface area (Å²) in [5, 5.41) is 9.87. The molecule has 19 heavy (non-hydrogen) atoms. The molecule has 4 nitrogen and oxygen atoms in total. The second-order valence-corrected chi connectivity index (χ2v) is 7.21. The van der Waals surface area contributed by atoms with Crippen molar-refractivity contribution in [2.45, 2.75) is 38.2 Å². The highest BCUT2D eigenvalue weighted by Crippen LogP contribution is 2.22. The van der Waals surface area contributed by atoms with Crippen LogP contribution in [0.1, 0.15) is 25.8 Å². The monoisotopic (exact) mass is 305 g/mol. The second kappa shape index (κ2) is 6.70. The van der Waals surface area contributed by atoms with Crippen LogP contribution in [0.15, 0.2) is 23.1 Å². The Labute approximate surface area is 119 Å². The first-order chi connectivity index (χ1) is 8.72. The van der Waals surface area contributed by atoms with Crippen LogP contribution < -0.4 is 4.72 Å². The van der Waals surface area contributed by atoms with Crippen LogP contribution in [0.25, 0.3) is 0 Å². The molecular weight excluding hydrogens is 286 g/mol. The van der Waals surface area contributed by atoms with Gasteiger partial charge in [-0.3, -0.25) is 0 Å². The molecule has 0 radical (unpaired) electrons. The third kappa shape index (κ3) is 5.10. The van der Waals surface area contributed by atoms with Crippen LogP contribution in [0.5, 0.6) is 0 Å². The summed E-state index contributed by atoms with van der Waals surface area (Å²) in [6.07, 6.45) is -0.150. The highest BCUT2D eigenvalue weighted by atomic mass is 35.5. The van der Waals surface area contributed by atoms with Gasteiger partial charge in [-0.25, -0.2) is 13.1 Å². The van der Waals surface area contributed by atoms with Crippen molar-refractivity contribution in [2.75, 3.05) is 6.54 Å². The molecule has 0 aliphatic carbocycles. The van der Waals surface area contributed by atoms with E-state index in [9.17, 15) is 13.5 Å². The normalized spacial score (nSPS) is 13.8. The molecule has 0 spiro atoms. The summed E-state index contributed by atoms with van der Waals surface area (Å²) in [7, 11) is -3.68. The van der Waals surface area contributed by atoms with Crippen LogP contribution >= 0.6 is 11.6 Å². The van der Waals surface area contributed by atoms with Crippen molar-refractivity contribution in [3.05, 3.63) is 28.8 Å². The Kier molecular flexibility index (Phi) is 5.80. The molecule has 0 amide bonds. The fraction of sp³-hybridized carbons (Fsp3) is 0.538. The quantitative estimate of drug-likeness (QED) is 0.847. The molecule has 1 atom stereocenters. The third-order valence-electron chi connectivity index (χ3n) is 2.63. The van der Waals surface area contributed by atoms with Crippen molar-refractivity contribution in [2.24, 2.45) is 5.92 Å². The van der Waals surface area contributed by atoms with E-state index in [2.05, 4.69) is 4.72 Å². The maximum atomic E-state index is 12.0. The van der Waals surface area contributed by atoms with Gasteiger partial charge in [0.1, 0.15) is 4.90 Å². The highest BCUT2D eigenvalue weighted by Gasteiger charge is 2.19. The lowest BCUT2D eigenvalue weighted by molar-refractivity contribution is 0.152. The van der Waals surface area contributed by atoms with Gasteiger partial charge in [0, 0.05) is 6.54 Å². The number of aliphatic hydroxyl groups is 1. The Balaban J connectivity index is 2.76. The second-order valence-electron chi connectivity index (χ2n) is 5.07. The molecule has 6 heteroatoms. The van der Waals surface area contributed by atoms with E-state index in [-0.39, 0.29) is 16.5 Å². The fourth-order valence-electron chi connectivity index (χ4n) is 1.73. The minimum atomic E-state index is -3.68. The number of halogens is 1. The first-order valence-corrected chi connectivity index (χ1v) is 8.02. The molecule has 0 bridgehead atoms. The fourth-order valence-corrected chi connectivity index (χ4v) is 3.40. The minimum absolute atomic E-state index is 0.00921. The number of aryl methyl sites for hydroxylation is 1. The van der Waals surface area contributed by atoms with E-state index in [1.54, 1.807) is 12.1 Å². The molecule has 1 unspecified atom stereocenters. The Morgan fingerprint density at radius 1 is 1.37 bits per heavy atom. The van der Waals surface area contributed by atoms with Crippen LogP contribution in [0, 0.1) is 12.8 Å². The number of sulfonamides is 1. The number of hydrogen-bond acceptors (Lipinski definition) is 3. The summed E-state index contributed by atoms with van der Waals surface area (Å²) in [6, 6.07) is 4.75. The van der Waals surface area contributed by atoms with Crippen LogP contribution in [0.2, 0.25) is 5.02 Å². The Bertz CT molecular complexity index is 529. The van der Waals surface area contributed by atoms with E-state index in [4.69, 9.17) is 11.6 Å². The van der Waals surface area contributed by atoms with Gasteiger partial charge in [0.2, 0.25) is 10.0 Å². The van der Waals surface area contributed by atoms with Crippen molar-refractivity contribution in [3.8, 4) is 0 Å². The number of rotatable bonds is 6. The van der Waals surface area contributed by atoms with Gasteiger partial charge in [-0.15, -0.1) is 0 Å². The van der Waals surface area contributed by atoms with E-state index < -0.39 is 16.1 Å². The molecule has 0 aliphatic rings. The van der Waals surface area contributed by atoms with E-state index >= 15 is 0 Å². The Morgan fingerprint density at radius 2 is 2.00 bits per heavy atom. The molecule has 0 fully saturated rings. The zero-order valence-corrected chi connectivity index (χ0v) is 12.9. The van der Waals surface area contributed by atoms with E-state index in [0.29, 0.717) is 12.3 Å². The van der Waals surface area contributed by atoms with Crippen LogP contribution in [-0.2, 0) is 10.0 Å². The summed E-state index contributed by atoms with van der Waals surface area (Å²) in [4.78, 5) is 0.0384. The lowest BCUT2D eigenvalue weighted by Gasteiger charge is -2.14. The predicted molar refractivity (Wildman–Crippen MR) is 76.8 cm³/mol. The van der Waals surface area contributed by atoms with Gasteiger partial charge < -0.3 is 5.11 Å². The van der Waals surface area contributed by atoms with E-state index in [0.717, 1.165) is 5.56 Å². The summed E-state index contributed by atoms with van der Waals surface area (Å²) in [6.45, 7) is 5.76. The first kappa shape index (κ1) is 16.4. The van der Waals surface area contributed by atoms with E-state index in [1.165, 1.54) is 6.07 Å². The lowest BCUT2D eigenvalue weighted by Crippen LogP contribution is -2.33. The summed E-state index contributed by atoms with van der Waals surface area (Å²) in [5.41, 5.74) is 0.892. The molecule has 1 aromatic rings. The Hall–Kier alpha value is -0.620. The summed E-state index contributed by atoms with van der Waals surface area (Å²) < 4.78 is 26.5. The number of benzene rings is 1. The summed E-state index contributed by atoms with van der Waals surface area (Å²) in [5.74, 6) is 0.308. The van der Waals surface area contributed by atoms with Crippen molar-refractivity contribution in [1.82, 2.24) is 4.72 Å². The smallest absolute Gasteiger partial charge is 0.242 e. The average molecular weight is 306 g/mol. The van der Waals surface area contributed by atoms with Gasteiger partial charge in [0.15, 0.2) is 0 Å². The van der Waals surface area contributed by atoms with Gasteiger partial charge in [-0.1, -0.05) is 31.5 Å². The van der Waals surface area contributed by atoms with Crippen molar-refractivity contribution >= 4 is 21.6 Å². The lowest BCUT2D eigenvalue weighted by atomic mass is 10.1. The highest BCUT2D eigenvalue weighted by molar-refractivity contribution is 7.89. The van der Waals surface area contributed by atoms with Gasteiger partial charge in [-0.2, -0.15) is 0 Å². The number of hydrogen-bond donors (Lipinski definition) is 2. The van der Waals surface area contributed by atoms with Gasteiger partial charge in [0.25, 0.3) is 0 Å². The van der Waals surface area contributed by atoms with Gasteiger partial charge in [0.05, 0.1) is 11.1 Å². The standard InChI is InChI=1S/C13H20ClNO3S/c1-9(2)6-11(16)8-15-19(17,18)13-5-4-10(3)7-12(13)14/h4-5,7,9,11,15-16H,6,8H2,1-3H3.